The Balaban J connectivity index is 1.66. The molecule has 0 spiro atoms. The zero-order chi connectivity index (χ0) is 19.4. The number of fused-ring (bicyclic) bond motifs is 1. The van der Waals surface area contributed by atoms with Gasteiger partial charge in [-0.05, 0) is 55.7 Å². The maximum Gasteiger partial charge on any atom is 0.338 e. The van der Waals surface area contributed by atoms with Gasteiger partial charge in [-0.2, -0.15) is 0 Å². The lowest BCUT2D eigenvalue weighted by atomic mass is 10.0. The molecule has 0 bridgehead atoms. The van der Waals surface area contributed by atoms with Crippen molar-refractivity contribution in [2.24, 2.45) is 0 Å². The Morgan fingerprint density at radius 3 is 2.48 bits per heavy atom. The Morgan fingerprint density at radius 2 is 1.78 bits per heavy atom. The third-order valence-corrected chi connectivity index (χ3v) is 4.45. The minimum absolute atomic E-state index is 0.189. The van der Waals surface area contributed by atoms with E-state index in [1.165, 1.54) is 6.92 Å². The Bertz CT molecular complexity index is 861. The Labute approximate surface area is 158 Å². The van der Waals surface area contributed by atoms with E-state index in [0.717, 1.165) is 24.1 Å². The number of aryl methyl sites for hydroxylation is 1. The van der Waals surface area contributed by atoms with E-state index in [0.29, 0.717) is 17.8 Å². The summed E-state index contributed by atoms with van der Waals surface area (Å²) in [5.41, 5.74) is 2.93. The van der Waals surface area contributed by atoms with Crippen molar-refractivity contribution in [3.63, 3.8) is 0 Å². The number of anilines is 2. The first-order valence-corrected chi connectivity index (χ1v) is 8.93. The molecule has 1 heterocycles. The molecule has 2 aromatic rings. The number of ether oxygens (including phenoxy) is 1. The van der Waals surface area contributed by atoms with E-state index in [1.807, 2.05) is 24.3 Å². The summed E-state index contributed by atoms with van der Waals surface area (Å²) < 4.78 is 5.37. The molecule has 140 valence electrons. The molecule has 1 N–H and O–H groups in total. The molecule has 1 aliphatic heterocycles. The van der Waals surface area contributed by atoms with Crippen molar-refractivity contribution in [1.82, 2.24) is 0 Å². The minimum Gasteiger partial charge on any atom is -0.449 e. The lowest BCUT2D eigenvalue weighted by Gasteiger charge is -2.31. The van der Waals surface area contributed by atoms with Gasteiger partial charge in [-0.3, -0.25) is 9.59 Å². The van der Waals surface area contributed by atoms with Crippen LogP contribution in [0.1, 0.15) is 36.2 Å². The van der Waals surface area contributed by atoms with Crippen LogP contribution in [0.5, 0.6) is 0 Å². The van der Waals surface area contributed by atoms with Crippen molar-refractivity contribution in [2.75, 3.05) is 16.8 Å². The molecular formula is C21H22N2O4. The third-order valence-electron chi connectivity index (χ3n) is 4.45. The molecule has 0 aliphatic carbocycles. The van der Waals surface area contributed by atoms with Gasteiger partial charge in [-0.1, -0.05) is 18.2 Å². The zero-order valence-electron chi connectivity index (χ0n) is 15.4. The summed E-state index contributed by atoms with van der Waals surface area (Å²) in [4.78, 5) is 37.9. The van der Waals surface area contributed by atoms with Crippen molar-refractivity contribution in [1.29, 1.82) is 0 Å². The topological polar surface area (TPSA) is 75.7 Å². The number of para-hydroxylation sites is 1. The van der Waals surface area contributed by atoms with Gasteiger partial charge in [0.25, 0.3) is 5.91 Å². The van der Waals surface area contributed by atoms with Crippen LogP contribution in [-0.2, 0) is 20.7 Å². The molecule has 0 fully saturated rings. The van der Waals surface area contributed by atoms with Crippen LogP contribution in [0.3, 0.4) is 0 Å². The lowest BCUT2D eigenvalue weighted by Crippen LogP contribution is -2.42. The highest BCUT2D eigenvalue weighted by Gasteiger charge is 2.28. The molecule has 2 amide bonds. The second-order valence-electron chi connectivity index (χ2n) is 6.53. The molecule has 0 aromatic heterocycles. The Hall–Kier alpha value is -3.15. The number of rotatable bonds is 4. The monoisotopic (exact) mass is 366 g/mol. The van der Waals surface area contributed by atoms with E-state index in [2.05, 4.69) is 5.32 Å². The third kappa shape index (κ3) is 4.34. The average Bonchev–Trinajstić information content (AvgIpc) is 2.67. The van der Waals surface area contributed by atoms with Crippen molar-refractivity contribution >= 4 is 29.2 Å². The van der Waals surface area contributed by atoms with Crippen molar-refractivity contribution in [3.8, 4) is 0 Å². The summed E-state index contributed by atoms with van der Waals surface area (Å²) in [5.74, 6) is -0.993. The van der Waals surface area contributed by atoms with Crippen LogP contribution < -0.4 is 10.2 Å². The summed E-state index contributed by atoms with van der Waals surface area (Å²) in [6, 6.07) is 14.1. The van der Waals surface area contributed by atoms with Crippen LogP contribution in [0.15, 0.2) is 48.5 Å². The van der Waals surface area contributed by atoms with Gasteiger partial charge in [0.05, 0.1) is 5.56 Å². The summed E-state index contributed by atoms with van der Waals surface area (Å²) in [6.07, 6.45) is 0.932. The van der Waals surface area contributed by atoms with E-state index in [1.54, 1.807) is 36.1 Å². The smallest absolute Gasteiger partial charge is 0.338 e. The maximum absolute atomic E-state index is 12.8. The summed E-state index contributed by atoms with van der Waals surface area (Å²) in [7, 11) is 0. The standard InChI is InChI=1S/C21H22N2O4/c1-14(20(25)23-13-5-7-16-6-3-4-8-19(16)23)27-21(26)17-9-11-18(12-10-17)22-15(2)24/h3-4,6,8-12,14H,5,7,13H2,1-2H3,(H,22,24). The molecule has 2 aromatic carbocycles. The van der Waals surface area contributed by atoms with E-state index in [9.17, 15) is 14.4 Å². The fraction of sp³-hybridized carbons (Fsp3) is 0.286. The molecule has 0 radical (unpaired) electrons. The van der Waals surface area contributed by atoms with Crippen LogP contribution in [0.4, 0.5) is 11.4 Å². The van der Waals surface area contributed by atoms with Gasteiger partial charge in [-0.15, -0.1) is 0 Å². The van der Waals surface area contributed by atoms with Crippen LogP contribution in [0.25, 0.3) is 0 Å². The number of nitrogens with zero attached hydrogens (tertiary/aromatic N) is 1. The van der Waals surface area contributed by atoms with Gasteiger partial charge in [0.1, 0.15) is 0 Å². The molecule has 0 saturated carbocycles. The van der Waals surface area contributed by atoms with Crippen molar-refractivity contribution in [3.05, 3.63) is 59.7 Å². The molecule has 1 unspecified atom stereocenters. The van der Waals surface area contributed by atoms with Crippen molar-refractivity contribution < 1.29 is 19.1 Å². The van der Waals surface area contributed by atoms with Crippen LogP contribution in [-0.4, -0.2) is 30.4 Å². The van der Waals surface area contributed by atoms with Gasteiger partial charge in [0, 0.05) is 24.8 Å². The second-order valence-corrected chi connectivity index (χ2v) is 6.53. The normalized spacial score (nSPS) is 14.1. The van der Waals surface area contributed by atoms with Crippen LogP contribution >= 0.6 is 0 Å². The predicted molar refractivity (Wildman–Crippen MR) is 103 cm³/mol. The highest BCUT2D eigenvalue weighted by atomic mass is 16.5. The first-order chi connectivity index (χ1) is 13.0. The predicted octanol–water partition coefficient (Wildman–Crippen LogP) is 3.17. The number of hydrogen-bond donors (Lipinski definition) is 1. The summed E-state index contributed by atoms with van der Waals surface area (Å²) in [5, 5.41) is 2.63. The van der Waals surface area contributed by atoms with Gasteiger partial charge in [0.2, 0.25) is 5.91 Å². The fourth-order valence-corrected chi connectivity index (χ4v) is 3.15. The van der Waals surface area contributed by atoms with E-state index >= 15 is 0 Å². The second kappa shape index (κ2) is 8.03. The quantitative estimate of drug-likeness (QED) is 0.844. The maximum atomic E-state index is 12.8. The Kier molecular flexibility index (Phi) is 5.54. The highest BCUT2D eigenvalue weighted by molar-refractivity contribution is 6.00. The van der Waals surface area contributed by atoms with Crippen LogP contribution in [0.2, 0.25) is 0 Å². The number of carbonyl (C=O) groups excluding carboxylic acids is 3. The first kappa shape index (κ1) is 18.6. The molecule has 6 nitrogen and oxygen atoms in total. The van der Waals surface area contributed by atoms with Gasteiger partial charge < -0.3 is 15.0 Å². The summed E-state index contributed by atoms with van der Waals surface area (Å²) >= 11 is 0. The molecule has 27 heavy (non-hydrogen) atoms. The lowest BCUT2D eigenvalue weighted by molar-refractivity contribution is -0.126. The molecule has 0 saturated heterocycles. The first-order valence-electron chi connectivity index (χ1n) is 8.93. The van der Waals surface area contributed by atoms with Gasteiger partial charge in [-0.25, -0.2) is 4.79 Å². The summed E-state index contributed by atoms with van der Waals surface area (Å²) in [6.45, 7) is 3.61. The zero-order valence-corrected chi connectivity index (χ0v) is 15.4. The van der Waals surface area contributed by atoms with E-state index in [4.69, 9.17) is 4.74 Å². The Morgan fingerprint density at radius 1 is 1.07 bits per heavy atom. The number of benzene rings is 2. The number of carbonyl (C=O) groups is 3. The molecule has 1 atom stereocenters. The number of hydrogen-bond acceptors (Lipinski definition) is 4. The molecule has 3 rings (SSSR count). The largest absolute Gasteiger partial charge is 0.449 e. The fourth-order valence-electron chi connectivity index (χ4n) is 3.15. The number of amides is 2. The molecule has 6 heteroatoms. The van der Waals surface area contributed by atoms with Gasteiger partial charge >= 0.3 is 5.97 Å². The average molecular weight is 366 g/mol. The number of nitrogens with one attached hydrogen (secondary N) is 1. The van der Waals surface area contributed by atoms with Gasteiger partial charge in [0.15, 0.2) is 6.10 Å². The minimum atomic E-state index is -0.890. The van der Waals surface area contributed by atoms with Crippen molar-refractivity contribution in [2.45, 2.75) is 32.8 Å². The van der Waals surface area contributed by atoms with E-state index in [-0.39, 0.29) is 11.8 Å². The molecular weight excluding hydrogens is 344 g/mol. The van der Waals surface area contributed by atoms with Crippen LogP contribution in [0, 0.1) is 0 Å². The number of esters is 1. The van der Waals surface area contributed by atoms with E-state index < -0.39 is 12.1 Å². The SMILES string of the molecule is CC(=O)Nc1ccc(C(=O)OC(C)C(=O)N2CCCc3ccccc32)cc1. The highest BCUT2D eigenvalue weighted by Crippen LogP contribution is 2.27. The molecule has 1 aliphatic rings.